The van der Waals surface area contributed by atoms with Crippen molar-refractivity contribution in [3.63, 3.8) is 0 Å². The lowest BCUT2D eigenvalue weighted by Crippen LogP contribution is -2.44. The number of likely N-dealkylation sites (tertiary alicyclic amines) is 1. The molecule has 0 amide bonds. The molecule has 0 bridgehead atoms. The summed E-state index contributed by atoms with van der Waals surface area (Å²) in [5.41, 5.74) is 1.27. The predicted molar refractivity (Wildman–Crippen MR) is 80.6 cm³/mol. The topological polar surface area (TPSA) is 64.3 Å². The van der Waals surface area contributed by atoms with E-state index in [-0.39, 0.29) is 0 Å². The van der Waals surface area contributed by atoms with Gasteiger partial charge in [0.05, 0.1) is 17.0 Å². The Bertz CT molecular complexity index is 540. The van der Waals surface area contributed by atoms with Crippen molar-refractivity contribution in [2.45, 2.75) is 39.2 Å². The summed E-state index contributed by atoms with van der Waals surface area (Å²) in [7, 11) is 0. The van der Waals surface area contributed by atoms with Gasteiger partial charge in [0.1, 0.15) is 0 Å². The van der Waals surface area contributed by atoms with Gasteiger partial charge in [-0.15, -0.1) is 0 Å². The van der Waals surface area contributed by atoms with Crippen molar-refractivity contribution in [2.75, 3.05) is 13.1 Å². The second-order valence-corrected chi connectivity index (χ2v) is 5.92. The van der Waals surface area contributed by atoms with Crippen molar-refractivity contribution in [2.24, 2.45) is 5.41 Å². The largest absolute Gasteiger partial charge is 0.481 e. The van der Waals surface area contributed by atoms with Crippen LogP contribution in [0.25, 0.3) is 0 Å². The molecule has 0 aliphatic carbocycles. The molecule has 21 heavy (non-hydrogen) atoms. The van der Waals surface area contributed by atoms with E-state index in [2.05, 4.69) is 11.0 Å². The lowest BCUT2D eigenvalue weighted by atomic mass is 9.75. The van der Waals surface area contributed by atoms with Crippen molar-refractivity contribution < 1.29 is 9.90 Å². The average molecular weight is 286 g/mol. The number of rotatable bonds is 5. The second-order valence-electron chi connectivity index (χ2n) is 5.92. The van der Waals surface area contributed by atoms with Crippen LogP contribution in [0.5, 0.6) is 0 Å². The SMILES string of the molecule is CCCC1(C(=O)O)CCN(Cc2cccc(C#N)c2)CC1. The molecular formula is C17H22N2O2. The van der Waals surface area contributed by atoms with Gasteiger partial charge in [0, 0.05) is 6.54 Å². The molecule has 4 nitrogen and oxygen atoms in total. The Kier molecular flexibility index (Phi) is 4.98. The van der Waals surface area contributed by atoms with E-state index in [9.17, 15) is 9.90 Å². The third kappa shape index (κ3) is 3.62. The van der Waals surface area contributed by atoms with Crippen LogP contribution in [0.3, 0.4) is 0 Å². The highest BCUT2D eigenvalue weighted by Crippen LogP contribution is 2.36. The molecule has 1 aromatic rings. The molecule has 112 valence electrons. The molecule has 0 aromatic heterocycles. The van der Waals surface area contributed by atoms with E-state index in [1.807, 2.05) is 25.1 Å². The van der Waals surface area contributed by atoms with Gasteiger partial charge >= 0.3 is 5.97 Å². The van der Waals surface area contributed by atoms with Gasteiger partial charge in [-0.3, -0.25) is 9.69 Å². The molecule has 0 spiro atoms. The summed E-state index contributed by atoms with van der Waals surface area (Å²) in [5, 5.41) is 18.4. The van der Waals surface area contributed by atoms with Gasteiger partial charge in [0.15, 0.2) is 0 Å². The lowest BCUT2D eigenvalue weighted by Gasteiger charge is -2.38. The molecule has 1 aromatic carbocycles. The number of nitrogens with zero attached hydrogens (tertiary/aromatic N) is 2. The second kappa shape index (κ2) is 6.73. The minimum atomic E-state index is -0.643. The van der Waals surface area contributed by atoms with Gasteiger partial charge in [0.2, 0.25) is 0 Å². The van der Waals surface area contributed by atoms with E-state index in [1.54, 1.807) is 6.07 Å². The van der Waals surface area contributed by atoms with Gasteiger partial charge in [0.25, 0.3) is 0 Å². The number of carboxylic acid groups (broad SMARTS) is 1. The Morgan fingerprint density at radius 1 is 1.43 bits per heavy atom. The molecule has 1 aliphatic rings. The Morgan fingerprint density at radius 3 is 2.71 bits per heavy atom. The van der Waals surface area contributed by atoms with E-state index in [0.717, 1.165) is 38.0 Å². The minimum Gasteiger partial charge on any atom is -0.481 e. The zero-order valence-corrected chi connectivity index (χ0v) is 12.5. The summed E-state index contributed by atoms with van der Waals surface area (Å²) in [6.07, 6.45) is 3.11. The fourth-order valence-electron chi connectivity index (χ4n) is 3.19. The number of hydrogen-bond donors (Lipinski definition) is 1. The number of piperidine rings is 1. The summed E-state index contributed by atoms with van der Waals surface area (Å²) in [5.74, 6) is -0.643. The van der Waals surface area contributed by atoms with Gasteiger partial charge in [-0.05, 0) is 50.0 Å². The van der Waals surface area contributed by atoms with Crippen LogP contribution in [0.4, 0.5) is 0 Å². The highest BCUT2D eigenvalue weighted by atomic mass is 16.4. The number of benzene rings is 1. The average Bonchev–Trinajstić information content (AvgIpc) is 2.49. The highest BCUT2D eigenvalue weighted by Gasteiger charge is 2.40. The molecule has 1 heterocycles. The quantitative estimate of drug-likeness (QED) is 0.903. The third-order valence-corrected chi connectivity index (χ3v) is 4.46. The summed E-state index contributed by atoms with van der Waals surface area (Å²) >= 11 is 0. The van der Waals surface area contributed by atoms with Crippen molar-refractivity contribution in [1.29, 1.82) is 5.26 Å². The summed E-state index contributed by atoms with van der Waals surface area (Å²) in [4.78, 5) is 13.8. The first-order chi connectivity index (χ1) is 10.1. The van der Waals surface area contributed by atoms with Crippen LogP contribution >= 0.6 is 0 Å². The third-order valence-electron chi connectivity index (χ3n) is 4.46. The number of carbonyl (C=O) groups is 1. The number of nitriles is 1. The molecular weight excluding hydrogens is 264 g/mol. The summed E-state index contributed by atoms with van der Waals surface area (Å²) < 4.78 is 0. The molecule has 1 fully saturated rings. The van der Waals surface area contributed by atoms with Crippen LogP contribution in [-0.4, -0.2) is 29.1 Å². The fourth-order valence-corrected chi connectivity index (χ4v) is 3.19. The van der Waals surface area contributed by atoms with Crippen LogP contribution in [0, 0.1) is 16.7 Å². The van der Waals surface area contributed by atoms with Crippen LogP contribution in [0.15, 0.2) is 24.3 Å². The first kappa shape index (κ1) is 15.5. The van der Waals surface area contributed by atoms with E-state index in [0.29, 0.717) is 18.4 Å². The number of carboxylic acids is 1. The van der Waals surface area contributed by atoms with Gasteiger partial charge in [-0.25, -0.2) is 0 Å². The molecule has 0 atom stereocenters. The molecule has 1 N–H and O–H groups in total. The molecule has 0 saturated carbocycles. The zero-order valence-electron chi connectivity index (χ0n) is 12.5. The van der Waals surface area contributed by atoms with Crippen LogP contribution in [0.2, 0.25) is 0 Å². The Morgan fingerprint density at radius 2 is 2.14 bits per heavy atom. The number of hydrogen-bond acceptors (Lipinski definition) is 3. The normalized spacial score (nSPS) is 18.1. The molecule has 0 unspecified atom stereocenters. The van der Waals surface area contributed by atoms with Crippen LogP contribution in [0.1, 0.15) is 43.7 Å². The smallest absolute Gasteiger partial charge is 0.309 e. The maximum absolute atomic E-state index is 11.6. The fraction of sp³-hybridized carbons (Fsp3) is 0.529. The molecule has 4 heteroatoms. The molecule has 1 aliphatic heterocycles. The lowest BCUT2D eigenvalue weighted by molar-refractivity contribution is -0.152. The Hall–Kier alpha value is -1.86. The van der Waals surface area contributed by atoms with Crippen molar-refractivity contribution >= 4 is 5.97 Å². The minimum absolute atomic E-state index is 0.528. The van der Waals surface area contributed by atoms with E-state index in [4.69, 9.17) is 5.26 Å². The van der Waals surface area contributed by atoms with E-state index in [1.165, 1.54) is 0 Å². The first-order valence-electron chi connectivity index (χ1n) is 7.54. The standard InChI is InChI=1S/C17H22N2O2/c1-2-6-17(16(20)21)7-9-19(10-8-17)13-15-5-3-4-14(11-15)12-18/h3-5,11H,2,6-10,13H2,1H3,(H,20,21). The maximum Gasteiger partial charge on any atom is 0.309 e. The van der Waals surface area contributed by atoms with E-state index < -0.39 is 11.4 Å². The van der Waals surface area contributed by atoms with Gasteiger partial charge in [-0.2, -0.15) is 5.26 Å². The summed E-state index contributed by atoms with van der Waals surface area (Å²) in [6, 6.07) is 9.78. The van der Waals surface area contributed by atoms with Crippen molar-refractivity contribution in [3.05, 3.63) is 35.4 Å². The van der Waals surface area contributed by atoms with Gasteiger partial charge in [-0.1, -0.05) is 25.5 Å². The first-order valence-corrected chi connectivity index (χ1v) is 7.54. The highest BCUT2D eigenvalue weighted by molar-refractivity contribution is 5.74. The van der Waals surface area contributed by atoms with Gasteiger partial charge < -0.3 is 5.11 Å². The predicted octanol–water partition coefficient (Wildman–Crippen LogP) is 3.03. The zero-order chi connectivity index (χ0) is 15.3. The molecule has 2 rings (SSSR count). The Labute approximate surface area is 126 Å². The van der Waals surface area contributed by atoms with E-state index >= 15 is 0 Å². The Balaban J connectivity index is 1.97. The monoisotopic (exact) mass is 286 g/mol. The van der Waals surface area contributed by atoms with Crippen LogP contribution < -0.4 is 0 Å². The van der Waals surface area contributed by atoms with Crippen molar-refractivity contribution in [3.8, 4) is 6.07 Å². The van der Waals surface area contributed by atoms with Crippen molar-refractivity contribution in [1.82, 2.24) is 4.90 Å². The summed E-state index contributed by atoms with van der Waals surface area (Å²) in [6.45, 7) is 4.45. The van der Waals surface area contributed by atoms with Crippen LogP contribution in [-0.2, 0) is 11.3 Å². The maximum atomic E-state index is 11.6. The number of aliphatic carboxylic acids is 1. The molecule has 1 saturated heterocycles. The molecule has 0 radical (unpaired) electrons.